The molecular weight excluding hydrogens is 272 g/mol. The van der Waals surface area contributed by atoms with Crippen molar-refractivity contribution < 1.29 is 4.79 Å². The summed E-state index contributed by atoms with van der Waals surface area (Å²) in [6.45, 7) is 7.18. The van der Waals surface area contributed by atoms with Gasteiger partial charge in [0.1, 0.15) is 0 Å². The van der Waals surface area contributed by atoms with Crippen molar-refractivity contribution in [1.29, 1.82) is 0 Å². The highest BCUT2D eigenvalue weighted by Gasteiger charge is 2.26. The molecule has 0 aliphatic carbocycles. The maximum atomic E-state index is 12.6. The van der Waals surface area contributed by atoms with Gasteiger partial charge in [-0.05, 0) is 56.4 Å². The van der Waals surface area contributed by atoms with Crippen molar-refractivity contribution in [2.75, 3.05) is 6.54 Å². The molecule has 0 spiro atoms. The fraction of sp³-hybridized carbons (Fsp3) is 0.368. The van der Waals surface area contributed by atoms with E-state index in [1.165, 1.54) is 11.1 Å². The highest BCUT2D eigenvalue weighted by Crippen LogP contribution is 2.24. The molecule has 0 saturated carbocycles. The van der Waals surface area contributed by atoms with Crippen molar-refractivity contribution in [2.45, 2.75) is 39.7 Å². The van der Waals surface area contributed by atoms with Crippen molar-refractivity contribution in [1.82, 2.24) is 9.88 Å². The molecule has 1 amide bonds. The predicted octanol–water partition coefficient (Wildman–Crippen LogP) is 3.99. The lowest BCUT2D eigenvalue weighted by molar-refractivity contribution is 0.0747. The second-order valence-corrected chi connectivity index (χ2v) is 6.25. The molecule has 1 unspecified atom stereocenters. The summed E-state index contributed by atoms with van der Waals surface area (Å²) in [6.07, 6.45) is 5.69. The number of carbonyl (C=O) groups excluding carboxylic acids is 1. The van der Waals surface area contributed by atoms with Crippen LogP contribution in [0, 0.1) is 13.8 Å². The third-order valence-electron chi connectivity index (χ3n) is 4.64. The van der Waals surface area contributed by atoms with E-state index in [1.54, 1.807) is 6.20 Å². The van der Waals surface area contributed by atoms with E-state index < -0.39 is 0 Å². The first-order valence-electron chi connectivity index (χ1n) is 7.90. The van der Waals surface area contributed by atoms with E-state index in [9.17, 15) is 4.79 Å². The maximum absolute atomic E-state index is 12.6. The molecule has 22 heavy (non-hydrogen) atoms. The zero-order valence-electron chi connectivity index (χ0n) is 13.5. The van der Waals surface area contributed by atoms with Gasteiger partial charge in [0.25, 0.3) is 5.91 Å². The number of rotatable bonds is 2. The van der Waals surface area contributed by atoms with Gasteiger partial charge < -0.3 is 4.90 Å². The summed E-state index contributed by atoms with van der Waals surface area (Å²) in [6, 6.07) is 8.65. The SMILES string of the molecule is Cc1ccc(-c2cncc(C(=O)N3CCCC3C)c2)cc1C. The Bertz CT molecular complexity index is 708. The van der Waals surface area contributed by atoms with Gasteiger partial charge in [0.15, 0.2) is 0 Å². The van der Waals surface area contributed by atoms with E-state index in [1.807, 2.05) is 17.2 Å². The summed E-state index contributed by atoms with van der Waals surface area (Å²) >= 11 is 0. The Balaban J connectivity index is 1.92. The van der Waals surface area contributed by atoms with E-state index in [0.29, 0.717) is 11.6 Å². The number of aromatic nitrogens is 1. The van der Waals surface area contributed by atoms with Crippen LogP contribution in [0.2, 0.25) is 0 Å². The van der Waals surface area contributed by atoms with Gasteiger partial charge in [-0.25, -0.2) is 0 Å². The summed E-state index contributed by atoms with van der Waals surface area (Å²) in [7, 11) is 0. The summed E-state index contributed by atoms with van der Waals surface area (Å²) in [5, 5.41) is 0. The predicted molar refractivity (Wildman–Crippen MR) is 88.9 cm³/mol. The Morgan fingerprint density at radius 2 is 1.95 bits per heavy atom. The van der Waals surface area contributed by atoms with Crippen LogP contribution in [-0.2, 0) is 0 Å². The average Bonchev–Trinajstić information content (AvgIpc) is 2.95. The molecule has 1 aliphatic rings. The van der Waals surface area contributed by atoms with Gasteiger partial charge in [0, 0.05) is 30.5 Å². The van der Waals surface area contributed by atoms with Gasteiger partial charge in [-0.15, -0.1) is 0 Å². The minimum atomic E-state index is 0.100. The standard InChI is InChI=1S/C19H22N2O/c1-13-6-7-16(9-14(13)2)17-10-18(12-20-11-17)19(22)21-8-4-5-15(21)3/h6-7,9-12,15H,4-5,8H2,1-3H3. The summed E-state index contributed by atoms with van der Waals surface area (Å²) in [5.41, 5.74) is 5.32. The molecule has 2 heterocycles. The van der Waals surface area contributed by atoms with Crippen molar-refractivity contribution >= 4 is 5.91 Å². The molecule has 114 valence electrons. The minimum Gasteiger partial charge on any atom is -0.336 e. The van der Waals surface area contributed by atoms with E-state index >= 15 is 0 Å². The smallest absolute Gasteiger partial charge is 0.255 e. The van der Waals surface area contributed by atoms with Crippen LogP contribution in [-0.4, -0.2) is 28.4 Å². The highest BCUT2D eigenvalue weighted by atomic mass is 16.2. The number of benzene rings is 1. The molecule has 0 radical (unpaired) electrons. The molecule has 0 N–H and O–H groups in total. The van der Waals surface area contributed by atoms with Gasteiger partial charge >= 0.3 is 0 Å². The number of pyridine rings is 1. The van der Waals surface area contributed by atoms with E-state index in [-0.39, 0.29) is 5.91 Å². The largest absolute Gasteiger partial charge is 0.336 e. The number of hydrogen-bond donors (Lipinski definition) is 0. The topological polar surface area (TPSA) is 33.2 Å². The third kappa shape index (κ3) is 2.76. The second-order valence-electron chi connectivity index (χ2n) is 6.25. The molecular formula is C19H22N2O. The number of amides is 1. The summed E-state index contributed by atoms with van der Waals surface area (Å²) in [5.74, 6) is 0.100. The molecule has 1 fully saturated rings. The lowest BCUT2D eigenvalue weighted by atomic mass is 10.0. The molecule has 1 atom stereocenters. The van der Waals surface area contributed by atoms with Gasteiger partial charge in [0.05, 0.1) is 5.56 Å². The van der Waals surface area contributed by atoms with Crippen LogP contribution in [0.25, 0.3) is 11.1 Å². The zero-order valence-corrected chi connectivity index (χ0v) is 13.5. The maximum Gasteiger partial charge on any atom is 0.255 e. The summed E-state index contributed by atoms with van der Waals surface area (Å²) in [4.78, 5) is 18.9. The van der Waals surface area contributed by atoms with Crippen LogP contribution < -0.4 is 0 Å². The molecule has 2 aromatic rings. The zero-order chi connectivity index (χ0) is 15.7. The van der Waals surface area contributed by atoms with Crippen LogP contribution in [0.3, 0.4) is 0 Å². The first kappa shape index (κ1) is 14.8. The fourth-order valence-corrected chi connectivity index (χ4v) is 3.04. The van der Waals surface area contributed by atoms with E-state index in [0.717, 1.165) is 30.5 Å². The number of carbonyl (C=O) groups is 1. The third-order valence-corrected chi connectivity index (χ3v) is 4.64. The van der Waals surface area contributed by atoms with Crippen molar-refractivity contribution in [3.8, 4) is 11.1 Å². The highest BCUT2D eigenvalue weighted by molar-refractivity contribution is 5.95. The lowest BCUT2D eigenvalue weighted by Crippen LogP contribution is -2.33. The Labute approximate surface area is 132 Å². The number of aryl methyl sites for hydroxylation is 2. The minimum absolute atomic E-state index is 0.100. The van der Waals surface area contributed by atoms with Gasteiger partial charge in [0.2, 0.25) is 0 Å². The molecule has 1 aromatic carbocycles. The normalized spacial score (nSPS) is 17.8. The van der Waals surface area contributed by atoms with E-state index in [2.05, 4.69) is 44.0 Å². The molecule has 3 heteroatoms. The number of nitrogens with zero attached hydrogens (tertiary/aromatic N) is 2. The second kappa shape index (κ2) is 5.91. The van der Waals surface area contributed by atoms with Gasteiger partial charge in [-0.2, -0.15) is 0 Å². The van der Waals surface area contributed by atoms with Crippen molar-refractivity contribution in [3.05, 3.63) is 53.3 Å². The van der Waals surface area contributed by atoms with Crippen molar-refractivity contribution in [3.63, 3.8) is 0 Å². The van der Waals surface area contributed by atoms with Crippen LogP contribution in [0.1, 0.15) is 41.3 Å². The van der Waals surface area contributed by atoms with Gasteiger partial charge in [-0.3, -0.25) is 9.78 Å². The van der Waals surface area contributed by atoms with Gasteiger partial charge in [-0.1, -0.05) is 18.2 Å². The molecule has 0 bridgehead atoms. The number of hydrogen-bond acceptors (Lipinski definition) is 2. The van der Waals surface area contributed by atoms with Crippen LogP contribution in [0.4, 0.5) is 0 Å². The first-order valence-corrected chi connectivity index (χ1v) is 7.90. The Morgan fingerprint density at radius 1 is 1.14 bits per heavy atom. The van der Waals surface area contributed by atoms with Crippen LogP contribution in [0.15, 0.2) is 36.7 Å². The Morgan fingerprint density at radius 3 is 2.64 bits per heavy atom. The first-order chi connectivity index (χ1) is 10.6. The molecule has 3 nitrogen and oxygen atoms in total. The van der Waals surface area contributed by atoms with E-state index in [4.69, 9.17) is 0 Å². The van der Waals surface area contributed by atoms with Crippen molar-refractivity contribution in [2.24, 2.45) is 0 Å². The quantitative estimate of drug-likeness (QED) is 0.839. The molecule has 1 saturated heterocycles. The monoisotopic (exact) mass is 294 g/mol. The number of likely N-dealkylation sites (tertiary alicyclic amines) is 1. The molecule has 1 aliphatic heterocycles. The fourth-order valence-electron chi connectivity index (χ4n) is 3.04. The lowest BCUT2D eigenvalue weighted by Gasteiger charge is -2.21. The Hall–Kier alpha value is -2.16. The average molecular weight is 294 g/mol. The summed E-state index contributed by atoms with van der Waals surface area (Å²) < 4.78 is 0. The molecule has 3 rings (SSSR count). The van der Waals surface area contributed by atoms with Crippen LogP contribution >= 0.6 is 0 Å². The van der Waals surface area contributed by atoms with Crippen LogP contribution in [0.5, 0.6) is 0 Å². The Kier molecular flexibility index (Phi) is 3.97. The molecule has 1 aromatic heterocycles.